The first kappa shape index (κ1) is 15.1. The molecular formula is C13H24N4O3. The second kappa shape index (κ2) is 6.41. The molecule has 2 aliphatic heterocycles. The summed E-state index contributed by atoms with van der Waals surface area (Å²) in [6, 6.07) is 0. The number of carbonyl (C=O) groups is 1. The van der Waals surface area contributed by atoms with E-state index < -0.39 is 5.54 Å². The molecule has 20 heavy (non-hydrogen) atoms. The Hall–Kier alpha value is -1.34. The van der Waals surface area contributed by atoms with E-state index in [0.29, 0.717) is 19.3 Å². The SMILES string of the molecule is CN1CCC(NC(=O)CC2CCCO2)(C(N)=NO)CC1. The van der Waals surface area contributed by atoms with Crippen LogP contribution in [0.25, 0.3) is 0 Å². The van der Waals surface area contributed by atoms with E-state index in [1.807, 2.05) is 7.05 Å². The summed E-state index contributed by atoms with van der Waals surface area (Å²) in [6.45, 7) is 2.33. The van der Waals surface area contributed by atoms with Crippen LogP contribution in [-0.2, 0) is 9.53 Å². The Bertz CT molecular complexity index is 372. The predicted octanol–water partition coefficient (Wildman–Crippen LogP) is -0.117. The molecule has 0 aromatic rings. The Balaban J connectivity index is 1.98. The second-order valence-electron chi connectivity index (χ2n) is 5.76. The van der Waals surface area contributed by atoms with Crippen LogP contribution in [-0.4, -0.2) is 60.2 Å². The number of oxime groups is 1. The van der Waals surface area contributed by atoms with Crippen molar-refractivity contribution in [3.63, 3.8) is 0 Å². The summed E-state index contributed by atoms with van der Waals surface area (Å²) in [5.41, 5.74) is 5.09. The van der Waals surface area contributed by atoms with E-state index in [1.165, 1.54) is 0 Å². The van der Waals surface area contributed by atoms with E-state index >= 15 is 0 Å². The lowest BCUT2D eigenvalue weighted by atomic mass is 9.86. The third-order valence-electron chi connectivity index (χ3n) is 4.25. The normalized spacial score (nSPS) is 27.4. The van der Waals surface area contributed by atoms with Gasteiger partial charge in [-0.2, -0.15) is 0 Å². The molecule has 2 heterocycles. The summed E-state index contributed by atoms with van der Waals surface area (Å²) < 4.78 is 5.47. The van der Waals surface area contributed by atoms with Gasteiger partial charge in [0.15, 0.2) is 5.84 Å². The maximum absolute atomic E-state index is 12.2. The lowest BCUT2D eigenvalue weighted by Gasteiger charge is -2.40. The van der Waals surface area contributed by atoms with Gasteiger partial charge in [0, 0.05) is 19.7 Å². The first-order valence-electron chi connectivity index (χ1n) is 7.15. The van der Waals surface area contributed by atoms with Crippen LogP contribution in [0, 0.1) is 0 Å². The first-order valence-corrected chi connectivity index (χ1v) is 7.15. The zero-order chi connectivity index (χ0) is 14.6. The Labute approximate surface area is 119 Å². The Morgan fingerprint density at radius 1 is 1.55 bits per heavy atom. The average molecular weight is 284 g/mol. The minimum atomic E-state index is -0.725. The van der Waals surface area contributed by atoms with Gasteiger partial charge in [-0.3, -0.25) is 4.79 Å². The molecule has 2 rings (SSSR count). The van der Waals surface area contributed by atoms with Gasteiger partial charge in [-0.15, -0.1) is 0 Å². The zero-order valence-electron chi connectivity index (χ0n) is 12.0. The van der Waals surface area contributed by atoms with Crippen molar-refractivity contribution in [1.29, 1.82) is 0 Å². The van der Waals surface area contributed by atoms with Crippen molar-refractivity contribution < 1.29 is 14.7 Å². The molecular weight excluding hydrogens is 260 g/mol. The van der Waals surface area contributed by atoms with Gasteiger partial charge in [0.2, 0.25) is 5.91 Å². The average Bonchev–Trinajstić information content (AvgIpc) is 2.93. The maximum Gasteiger partial charge on any atom is 0.223 e. The van der Waals surface area contributed by atoms with E-state index in [9.17, 15) is 4.79 Å². The molecule has 1 amide bonds. The number of hydrogen-bond donors (Lipinski definition) is 3. The van der Waals surface area contributed by atoms with Crippen molar-refractivity contribution in [1.82, 2.24) is 10.2 Å². The number of likely N-dealkylation sites (tertiary alicyclic amines) is 1. The number of nitrogens with zero attached hydrogens (tertiary/aromatic N) is 2. The van der Waals surface area contributed by atoms with E-state index in [2.05, 4.69) is 15.4 Å². The standard InChI is InChI=1S/C13H24N4O3/c1-17-6-4-13(5-7-17,12(14)16-19)15-11(18)9-10-3-2-8-20-10/h10,19H,2-9H2,1H3,(H2,14,16)(H,15,18). The Kier molecular flexibility index (Phi) is 4.82. The molecule has 0 radical (unpaired) electrons. The number of nitrogens with two attached hydrogens (primary N) is 1. The van der Waals surface area contributed by atoms with E-state index in [-0.39, 0.29) is 17.8 Å². The molecule has 0 aliphatic carbocycles. The summed E-state index contributed by atoms with van der Waals surface area (Å²) in [6.07, 6.45) is 3.58. The number of carbonyl (C=O) groups excluding carboxylic acids is 1. The van der Waals surface area contributed by atoms with Crippen molar-refractivity contribution in [2.45, 2.75) is 43.7 Å². The quantitative estimate of drug-likeness (QED) is 0.289. The predicted molar refractivity (Wildman–Crippen MR) is 74.6 cm³/mol. The Morgan fingerprint density at radius 2 is 2.25 bits per heavy atom. The molecule has 4 N–H and O–H groups in total. The topological polar surface area (TPSA) is 100 Å². The molecule has 114 valence electrons. The zero-order valence-corrected chi connectivity index (χ0v) is 12.0. The van der Waals surface area contributed by atoms with Crippen LogP contribution in [0.3, 0.4) is 0 Å². The summed E-state index contributed by atoms with van der Waals surface area (Å²) >= 11 is 0. The van der Waals surface area contributed by atoms with E-state index in [1.54, 1.807) is 0 Å². The minimum Gasteiger partial charge on any atom is -0.409 e. The number of nitrogens with one attached hydrogen (secondary N) is 1. The summed E-state index contributed by atoms with van der Waals surface area (Å²) in [5, 5.41) is 15.1. The highest BCUT2D eigenvalue weighted by atomic mass is 16.5. The third kappa shape index (κ3) is 3.40. The number of ether oxygens (including phenoxy) is 1. The van der Waals surface area contributed by atoms with Crippen LogP contribution in [0.2, 0.25) is 0 Å². The number of piperidine rings is 1. The Morgan fingerprint density at radius 3 is 2.80 bits per heavy atom. The number of amidine groups is 1. The van der Waals surface area contributed by atoms with Crippen LogP contribution >= 0.6 is 0 Å². The fourth-order valence-corrected chi connectivity index (χ4v) is 2.87. The van der Waals surface area contributed by atoms with Gasteiger partial charge in [0.05, 0.1) is 12.5 Å². The molecule has 1 unspecified atom stereocenters. The fraction of sp³-hybridized carbons (Fsp3) is 0.846. The van der Waals surface area contributed by atoms with Gasteiger partial charge in [0.25, 0.3) is 0 Å². The minimum absolute atomic E-state index is 0.00519. The molecule has 7 heteroatoms. The van der Waals surface area contributed by atoms with Gasteiger partial charge in [-0.1, -0.05) is 5.16 Å². The highest BCUT2D eigenvalue weighted by Gasteiger charge is 2.39. The van der Waals surface area contributed by atoms with Crippen LogP contribution < -0.4 is 11.1 Å². The monoisotopic (exact) mass is 284 g/mol. The van der Waals surface area contributed by atoms with Gasteiger partial charge < -0.3 is 25.9 Å². The van der Waals surface area contributed by atoms with Gasteiger partial charge in [-0.25, -0.2) is 0 Å². The highest BCUT2D eigenvalue weighted by molar-refractivity contribution is 5.94. The molecule has 0 saturated carbocycles. The summed E-state index contributed by atoms with van der Waals surface area (Å²) in [4.78, 5) is 14.3. The molecule has 0 aromatic heterocycles. The fourth-order valence-electron chi connectivity index (χ4n) is 2.87. The lowest BCUT2D eigenvalue weighted by molar-refractivity contribution is -0.124. The van der Waals surface area contributed by atoms with Gasteiger partial charge in [-0.05, 0) is 32.7 Å². The molecule has 2 fully saturated rings. The van der Waals surface area contributed by atoms with Crippen molar-refractivity contribution in [3.8, 4) is 0 Å². The number of hydrogen-bond acceptors (Lipinski definition) is 5. The van der Waals surface area contributed by atoms with Crippen LogP contribution in [0.5, 0.6) is 0 Å². The van der Waals surface area contributed by atoms with Crippen molar-refractivity contribution >= 4 is 11.7 Å². The smallest absolute Gasteiger partial charge is 0.223 e. The van der Waals surface area contributed by atoms with Gasteiger partial charge >= 0.3 is 0 Å². The largest absolute Gasteiger partial charge is 0.409 e. The second-order valence-corrected chi connectivity index (χ2v) is 5.76. The molecule has 2 aliphatic rings. The molecule has 7 nitrogen and oxygen atoms in total. The molecule has 0 spiro atoms. The lowest BCUT2D eigenvalue weighted by Crippen LogP contribution is -2.62. The summed E-state index contributed by atoms with van der Waals surface area (Å²) in [7, 11) is 2.02. The van der Waals surface area contributed by atoms with E-state index in [4.69, 9.17) is 15.7 Å². The van der Waals surface area contributed by atoms with Crippen molar-refractivity contribution in [3.05, 3.63) is 0 Å². The summed E-state index contributed by atoms with van der Waals surface area (Å²) in [5.74, 6) is -0.000608. The highest BCUT2D eigenvalue weighted by Crippen LogP contribution is 2.23. The van der Waals surface area contributed by atoms with Crippen LogP contribution in [0.15, 0.2) is 5.16 Å². The molecule has 0 bridgehead atoms. The van der Waals surface area contributed by atoms with Crippen LogP contribution in [0.1, 0.15) is 32.1 Å². The van der Waals surface area contributed by atoms with Crippen LogP contribution in [0.4, 0.5) is 0 Å². The maximum atomic E-state index is 12.2. The molecule has 2 saturated heterocycles. The number of rotatable bonds is 4. The first-order chi connectivity index (χ1) is 9.55. The molecule has 1 atom stereocenters. The van der Waals surface area contributed by atoms with Crippen molar-refractivity contribution in [2.24, 2.45) is 10.9 Å². The van der Waals surface area contributed by atoms with Crippen molar-refractivity contribution in [2.75, 3.05) is 26.7 Å². The van der Waals surface area contributed by atoms with Gasteiger partial charge in [0.1, 0.15) is 5.54 Å². The molecule has 0 aromatic carbocycles. The van der Waals surface area contributed by atoms with E-state index in [0.717, 1.165) is 32.5 Å². The third-order valence-corrected chi connectivity index (χ3v) is 4.25. The number of amides is 1.